The lowest BCUT2D eigenvalue weighted by atomic mass is 10.1. The second kappa shape index (κ2) is 4.42. The quantitative estimate of drug-likeness (QED) is 0.832. The molecule has 0 aliphatic carbocycles. The zero-order valence-electron chi connectivity index (χ0n) is 9.82. The van der Waals surface area contributed by atoms with Gasteiger partial charge >= 0.3 is 0 Å². The van der Waals surface area contributed by atoms with Crippen LogP contribution in [0.15, 0.2) is 27.7 Å². The molecule has 2 aliphatic heterocycles. The molecule has 0 N–H and O–H groups in total. The summed E-state index contributed by atoms with van der Waals surface area (Å²) in [5, 5.41) is 0. The molecular formula is C13H15BrN2O. The highest BCUT2D eigenvalue weighted by molar-refractivity contribution is 9.10. The van der Waals surface area contributed by atoms with E-state index in [1.807, 2.05) is 13.0 Å². The van der Waals surface area contributed by atoms with E-state index in [4.69, 9.17) is 9.73 Å². The highest BCUT2D eigenvalue weighted by Gasteiger charge is 2.33. The van der Waals surface area contributed by atoms with E-state index in [9.17, 15) is 0 Å². The topological polar surface area (TPSA) is 24.8 Å². The Morgan fingerprint density at radius 1 is 1.53 bits per heavy atom. The number of rotatable bonds is 2. The van der Waals surface area contributed by atoms with Crippen LogP contribution in [-0.2, 0) is 4.74 Å². The summed E-state index contributed by atoms with van der Waals surface area (Å²) in [5.41, 5.74) is 2.23. The average Bonchev–Trinajstić information content (AvgIpc) is 2.77. The van der Waals surface area contributed by atoms with E-state index in [1.165, 1.54) is 17.8 Å². The van der Waals surface area contributed by atoms with Gasteiger partial charge < -0.3 is 9.64 Å². The van der Waals surface area contributed by atoms with Crippen molar-refractivity contribution in [1.82, 2.24) is 4.90 Å². The SMILES string of the molecule is CCOC1c2cc(Br)ccc2N=C2CCCN21. The summed E-state index contributed by atoms with van der Waals surface area (Å²) in [6.45, 7) is 3.81. The van der Waals surface area contributed by atoms with Gasteiger partial charge in [0.25, 0.3) is 0 Å². The third kappa shape index (κ3) is 1.89. The first-order valence-electron chi connectivity index (χ1n) is 6.05. The summed E-state index contributed by atoms with van der Waals surface area (Å²) in [7, 11) is 0. The van der Waals surface area contributed by atoms with Crippen LogP contribution in [0.3, 0.4) is 0 Å². The van der Waals surface area contributed by atoms with Gasteiger partial charge in [0.1, 0.15) is 5.84 Å². The monoisotopic (exact) mass is 294 g/mol. The van der Waals surface area contributed by atoms with Crippen molar-refractivity contribution in [3.05, 3.63) is 28.2 Å². The fraction of sp³-hybridized carbons (Fsp3) is 0.462. The highest BCUT2D eigenvalue weighted by Crippen LogP contribution is 2.39. The fourth-order valence-corrected chi connectivity index (χ4v) is 2.90. The van der Waals surface area contributed by atoms with Gasteiger partial charge in [-0.1, -0.05) is 15.9 Å². The molecular weight excluding hydrogens is 280 g/mol. The third-order valence-corrected chi connectivity index (χ3v) is 3.74. The molecule has 2 heterocycles. The van der Waals surface area contributed by atoms with Crippen LogP contribution in [0.2, 0.25) is 0 Å². The molecule has 0 spiro atoms. The Kier molecular flexibility index (Phi) is 2.92. The van der Waals surface area contributed by atoms with Crippen LogP contribution in [-0.4, -0.2) is 23.9 Å². The van der Waals surface area contributed by atoms with Gasteiger partial charge in [0, 0.05) is 29.6 Å². The van der Waals surface area contributed by atoms with Crippen LogP contribution in [0.5, 0.6) is 0 Å². The number of benzene rings is 1. The summed E-state index contributed by atoms with van der Waals surface area (Å²) in [5.74, 6) is 1.18. The molecule has 1 saturated heterocycles. The van der Waals surface area contributed by atoms with Crippen molar-refractivity contribution in [2.45, 2.75) is 26.0 Å². The lowest BCUT2D eigenvalue weighted by Gasteiger charge is -2.34. The summed E-state index contributed by atoms with van der Waals surface area (Å²) in [6, 6.07) is 6.22. The van der Waals surface area contributed by atoms with E-state index in [0.29, 0.717) is 0 Å². The van der Waals surface area contributed by atoms with Crippen LogP contribution in [0, 0.1) is 0 Å². The van der Waals surface area contributed by atoms with Crippen molar-refractivity contribution in [2.24, 2.45) is 4.99 Å². The zero-order valence-corrected chi connectivity index (χ0v) is 11.4. The minimum absolute atomic E-state index is 0.0440. The summed E-state index contributed by atoms with van der Waals surface area (Å²) in [4.78, 5) is 7.01. The van der Waals surface area contributed by atoms with Gasteiger partial charge in [0.15, 0.2) is 6.23 Å². The molecule has 0 aromatic heterocycles. The summed E-state index contributed by atoms with van der Waals surface area (Å²) < 4.78 is 6.98. The van der Waals surface area contributed by atoms with Crippen molar-refractivity contribution in [2.75, 3.05) is 13.2 Å². The molecule has 0 saturated carbocycles. The van der Waals surface area contributed by atoms with Crippen molar-refractivity contribution in [3.8, 4) is 0 Å². The Morgan fingerprint density at radius 3 is 3.24 bits per heavy atom. The lowest BCUT2D eigenvalue weighted by molar-refractivity contribution is -0.0193. The largest absolute Gasteiger partial charge is 0.354 e. The normalized spacial score (nSPS) is 22.1. The number of ether oxygens (including phenoxy) is 1. The molecule has 0 bridgehead atoms. The molecule has 0 amide bonds. The van der Waals surface area contributed by atoms with Crippen LogP contribution >= 0.6 is 15.9 Å². The van der Waals surface area contributed by atoms with Gasteiger partial charge in [-0.25, -0.2) is 4.99 Å². The number of amidine groups is 1. The van der Waals surface area contributed by atoms with Gasteiger partial charge in [0.05, 0.1) is 5.69 Å². The van der Waals surface area contributed by atoms with E-state index < -0.39 is 0 Å². The van der Waals surface area contributed by atoms with E-state index >= 15 is 0 Å². The average molecular weight is 295 g/mol. The number of aliphatic imine (C=N–C) groups is 1. The van der Waals surface area contributed by atoms with Crippen LogP contribution in [0.4, 0.5) is 5.69 Å². The van der Waals surface area contributed by atoms with Gasteiger partial charge in [-0.2, -0.15) is 0 Å². The number of hydrogen-bond donors (Lipinski definition) is 0. The summed E-state index contributed by atoms with van der Waals surface area (Å²) >= 11 is 3.52. The standard InChI is InChI=1S/C13H15BrN2O/c1-2-17-13-10-8-9(14)5-6-11(10)15-12-4-3-7-16(12)13/h5-6,8,13H,2-4,7H2,1H3. The molecule has 17 heavy (non-hydrogen) atoms. The van der Waals surface area contributed by atoms with Gasteiger partial charge in [0.2, 0.25) is 0 Å². The van der Waals surface area contributed by atoms with Crippen LogP contribution in [0.25, 0.3) is 0 Å². The Bertz CT molecular complexity index is 472. The molecule has 4 heteroatoms. The van der Waals surface area contributed by atoms with Gasteiger partial charge in [-0.3, -0.25) is 0 Å². The molecule has 1 aromatic rings. The molecule has 3 rings (SSSR count). The Balaban J connectivity index is 2.08. The minimum Gasteiger partial charge on any atom is -0.354 e. The molecule has 1 fully saturated rings. The van der Waals surface area contributed by atoms with Crippen LogP contribution < -0.4 is 0 Å². The van der Waals surface area contributed by atoms with E-state index in [-0.39, 0.29) is 6.23 Å². The fourth-order valence-electron chi connectivity index (χ4n) is 2.52. The first-order chi connectivity index (χ1) is 8.29. The van der Waals surface area contributed by atoms with Crippen LogP contribution in [0.1, 0.15) is 31.6 Å². The number of fused-ring (bicyclic) bond motifs is 2. The van der Waals surface area contributed by atoms with Gasteiger partial charge in [-0.15, -0.1) is 0 Å². The van der Waals surface area contributed by atoms with Crippen molar-refractivity contribution in [3.63, 3.8) is 0 Å². The smallest absolute Gasteiger partial charge is 0.159 e. The first kappa shape index (κ1) is 11.2. The zero-order chi connectivity index (χ0) is 11.8. The maximum absolute atomic E-state index is 5.90. The molecule has 1 aromatic carbocycles. The summed E-state index contributed by atoms with van der Waals surface area (Å²) in [6.07, 6.45) is 2.29. The Labute approximate surface area is 110 Å². The molecule has 1 atom stereocenters. The molecule has 90 valence electrons. The van der Waals surface area contributed by atoms with E-state index in [2.05, 4.69) is 33.0 Å². The molecule has 3 nitrogen and oxygen atoms in total. The molecule has 2 aliphatic rings. The number of hydrogen-bond acceptors (Lipinski definition) is 3. The second-order valence-corrected chi connectivity index (χ2v) is 5.25. The first-order valence-corrected chi connectivity index (χ1v) is 6.84. The Hall–Kier alpha value is -0.870. The van der Waals surface area contributed by atoms with E-state index in [0.717, 1.165) is 29.7 Å². The third-order valence-electron chi connectivity index (χ3n) is 3.24. The maximum atomic E-state index is 5.90. The highest BCUT2D eigenvalue weighted by atomic mass is 79.9. The van der Waals surface area contributed by atoms with Crippen molar-refractivity contribution >= 4 is 27.5 Å². The van der Waals surface area contributed by atoms with Crippen molar-refractivity contribution in [1.29, 1.82) is 0 Å². The maximum Gasteiger partial charge on any atom is 0.159 e. The number of nitrogens with zero attached hydrogens (tertiary/aromatic N) is 2. The second-order valence-electron chi connectivity index (χ2n) is 4.34. The predicted molar refractivity (Wildman–Crippen MR) is 71.5 cm³/mol. The molecule has 1 unspecified atom stereocenters. The van der Waals surface area contributed by atoms with Gasteiger partial charge in [-0.05, 0) is 31.5 Å². The molecule has 0 radical (unpaired) electrons. The van der Waals surface area contributed by atoms with Crippen molar-refractivity contribution < 1.29 is 4.74 Å². The predicted octanol–water partition coefficient (Wildman–Crippen LogP) is 3.62. The Morgan fingerprint density at radius 2 is 2.41 bits per heavy atom. The lowest BCUT2D eigenvalue weighted by Crippen LogP contribution is -2.34. The van der Waals surface area contributed by atoms with E-state index in [1.54, 1.807) is 0 Å². The minimum atomic E-state index is 0.0440. The number of halogens is 1.